The lowest BCUT2D eigenvalue weighted by atomic mass is 9.89. The van der Waals surface area contributed by atoms with Gasteiger partial charge >= 0.3 is 0 Å². The number of benzene rings is 2. The Hall–Kier alpha value is -1.38. The summed E-state index contributed by atoms with van der Waals surface area (Å²) in [6, 6.07) is 11.0. The molecule has 4 N–H and O–H groups in total. The molecule has 0 radical (unpaired) electrons. The van der Waals surface area contributed by atoms with Crippen molar-refractivity contribution in [3.05, 3.63) is 47.0 Å². The molecule has 0 saturated carbocycles. The van der Waals surface area contributed by atoms with E-state index in [1.54, 1.807) is 0 Å². The standard InChI is InChI=1S/C18H25N.H2O/c1-4-5-6-11-17(19)18-14(3)13(2)12-15-9-7-8-10-16(15)18;/h7-10,12,17H,4-6,11,19H2,1-3H3;1H2. The summed E-state index contributed by atoms with van der Waals surface area (Å²) < 4.78 is 0. The van der Waals surface area contributed by atoms with Crippen molar-refractivity contribution in [2.75, 3.05) is 0 Å². The first-order valence-corrected chi connectivity index (χ1v) is 7.39. The molecular weight excluding hydrogens is 246 g/mol. The first-order valence-electron chi connectivity index (χ1n) is 7.39. The molecule has 1 atom stereocenters. The van der Waals surface area contributed by atoms with Gasteiger partial charge in [0.25, 0.3) is 0 Å². The zero-order chi connectivity index (χ0) is 13.8. The largest absolute Gasteiger partial charge is 0.412 e. The van der Waals surface area contributed by atoms with E-state index in [9.17, 15) is 0 Å². The van der Waals surface area contributed by atoms with Crippen LogP contribution in [0.4, 0.5) is 0 Å². The average Bonchev–Trinajstić information content (AvgIpc) is 2.40. The van der Waals surface area contributed by atoms with Crippen LogP contribution in [0.25, 0.3) is 10.8 Å². The minimum atomic E-state index is 0. The lowest BCUT2D eigenvalue weighted by Gasteiger charge is -2.19. The van der Waals surface area contributed by atoms with Crippen LogP contribution in [0.5, 0.6) is 0 Å². The molecule has 0 heterocycles. The Kier molecular flexibility index (Phi) is 6.18. The molecular formula is C18H27NO. The number of fused-ring (bicyclic) bond motifs is 1. The topological polar surface area (TPSA) is 57.5 Å². The van der Waals surface area contributed by atoms with Gasteiger partial charge in [0.15, 0.2) is 0 Å². The van der Waals surface area contributed by atoms with Gasteiger partial charge in [-0.25, -0.2) is 0 Å². The molecule has 0 amide bonds. The van der Waals surface area contributed by atoms with E-state index >= 15 is 0 Å². The molecule has 0 fully saturated rings. The maximum atomic E-state index is 6.47. The highest BCUT2D eigenvalue weighted by molar-refractivity contribution is 5.88. The van der Waals surface area contributed by atoms with Gasteiger partial charge in [-0.2, -0.15) is 0 Å². The number of hydrogen-bond donors (Lipinski definition) is 1. The molecule has 0 saturated heterocycles. The molecule has 0 bridgehead atoms. The normalized spacial score (nSPS) is 12.2. The Morgan fingerprint density at radius 1 is 1.10 bits per heavy atom. The number of unbranched alkanes of at least 4 members (excludes halogenated alkanes) is 2. The fourth-order valence-electron chi connectivity index (χ4n) is 2.86. The highest BCUT2D eigenvalue weighted by Crippen LogP contribution is 2.31. The van der Waals surface area contributed by atoms with Crippen LogP contribution in [-0.4, -0.2) is 5.48 Å². The van der Waals surface area contributed by atoms with Crippen LogP contribution in [0.3, 0.4) is 0 Å². The monoisotopic (exact) mass is 273 g/mol. The molecule has 0 aliphatic rings. The quantitative estimate of drug-likeness (QED) is 0.815. The Bertz CT molecular complexity index is 563. The van der Waals surface area contributed by atoms with Crippen LogP contribution < -0.4 is 5.73 Å². The van der Waals surface area contributed by atoms with Gasteiger partial charge in [-0.15, -0.1) is 0 Å². The van der Waals surface area contributed by atoms with Crippen molar-refractivity contribution < 1.29 is 5.48 Å². The van der Waals surface area contributed by atoms with Gasteiger partial charge in [0.2, 0.25) is 0 Å². The van der Waals surface area contributed by atoms with Gasteiger partial charge in [0, 0.05) is 6.04 Å². The molecule has 110 valence electrons. The van der Waals surface area contributed by atoms with E-state index in [2.05, 4.69) is 51.1 Å². The predicted octanol–water partition coefficient (Wildman–Crippen LogP) is 4.21. The van der Waals surface area contributed by atoms with Crippen molar-refractivity contribution in [2.45, 2.75) is 52.5 Å². The highest BCUT2D eigenvalue weighted by atomic mass is 16.0. The van der Waals surface area contributed by atoms with Gasteiger partial charge in [-0.05, 0) is 47.7 Å². The van der Waals surface area contributed by atoms with E-state index in [0.29, 0.717) is 0 Å². The maximum Gasteiger partial charge on any atom is 0.0303 e. The first-order chi connectivity index (χ1) is 9.15. The molecule has 20 heavy (non-hydrogen) atoms. The molecule has 0 aliphatic carbocycles. The highest BCUT2D eigenvalue weighted by Gasteiger charge is 2.14. The minimum absolute atomic E-state index is 0. The van der Waals surface area contributed by atoms with Crippen LogP contribution in [0.2, 0.25) is 0 Å². The first kappa shape index (κ1) is 16.7. The Balaban J connectivity index is 0.00000200. The molecule has 2 heteroatoms. The van der Waals surface area contributed by atoms with Crippen LogP contribution in [0.1, 0.15) is 55.3 Å². The summed E-state index contributed by atoms with van der Waals surface area (Å²) >= 11 is 0. The van der Waals surface area contributed by atoms with Crippen molar-refractivity contribution in [2.24, 2.45) is 5.73 Å². The van der Waals surface area contributed by atoms with Gasteiger partial charge < -0.3 is 11.2 Å². The second-order valence-corrected chi connectivity index (χ2v) is 5.56. The molecule has 2 nitrogen and oxygen atoms in total. The molecule has 1 unspecified atom stereocenters. The SMILES string of the molecule is CCCCCC(N)c1c(C)c(C)cc2ccccc12.O. The third-order valence-electron chi connectivity index (χ3n) is 4.11. The van der Waals surface area contributed by atoms with E-state index in [-0.39, 0.29) is 11.5 Å². The van der Waals surface area contributed by atoms with Gasteiger partial charge in [0.1, 0.15) is 0 Å². The van der Waals surface area contributed by atoms with E-state index in [0.717, 1.165) is 6.42 Å². The molecule has 2 rings (SSSR count). The van der Waals surface area contributed by atoms with Crippen LogP contribution in [0, 0.1) is 13.8 Å². The molecule has 0 aromatic heterocycles. The van der Waals surface area contributed by atoms with E-state index < -0.39 is 0 Å². The second kappa shape index (κ2) is 7.41. The third-order valence-corrected chi connectivity index (χ3v) is 4.11. The maximum absolute atomic E-state index is 6.47. The smallest absolute Gasteiger partial charge is 0.0303 e. The number of rotatable bonds is 5. The van der Waals surface area contributed by atoms with Crippen LogP contribution in [-0.2, 0) is 0 Å². The second-order valence-electron chi connectivity index (χ2n) is 5.56. The number of hydrogen-bond acceptors (Lipinski definition) is 1. The van der Waals surface area contributed by atoms with Gasteiger partial charge in [-0.3, -0.25) is 0 Å². The van der Waals surface area contributed by atoms with E-state index in [1.807, 2.05) is 0 Å². The van der Waals surface area contributed by atoms with Gasteiger partial charge in [-0.1, -0.05) is 56.5 Å². The third kappa shape index (κ3) is 3.38. The lowest BCUT2D eigenvalue weighted by molar-refractivity contribution is 0.582. The fraction of sp³-hybridized carbons (Fsp3) is 0.444. The van der Waals surface area contributed by atoms with Crippen molar-refractivity contribution >= 4 is 10.8 Å². The molecule has 0 spiro atoms. The number of nitrogens with two attached hydrogens (primary N) is 1. The van der Waals surface area contributed by atoms with Crippen molar-refractivity contribution in [1.29, 1.82) is 0 Å². The summed E-state index contributed by atoms with van der Waals surface area (Å²) in [7, 11) is 0. The summed E-state index contributed by atoms with van der Waals surface area (Å²) in [6.07, 6.45) is 4.83. The zero-order valence-electron chi connectivity index (χ0n) is 12.9. The lowest BCUT2D eigenvalue weighted by Crippen LogP contribution is -2.13. The summed E-state index contributed by atoms with van der Waals surface area (Å²) in [4.78, 5) is 0. The van der Waals surface area contributed by atoms with Crippen LogP contribution in [0.15, 0.2) is 30.3 Å². The Morgan fingerprint density at radius 3 is 2.50 bits per heavy atom. The molecule has 2 aromatic rings. The van der Waals surface area contributed by atoms with Crippen molar-refractivity contribution in [3.63, 3.8) is 0 Å². The summed E-state index contributed by atoms with van der Waals surface area (Å²) in [5, 5.41) is 2.64. The summed E-state index contributed by atoms with van der Waals surface area (Å²) in [6.45, 7) is 6.62. The van der Waals surface area contributed by atoms with Gasteiger partial charge in [0.05, 0.1) is 0 Å². The fourth-order valence-corrected chi connectivity index (χ4v) is 2.86. The van der Waals surface area contributed by atoms with Crippen molar-refractivity contribution in [1.82, 2.24) is 0 Å². The van der Waals surface area contributed by atoms with E-state index in [1.165, 1.54) is 46.7 Å². The molecule has 0 aliphatic heterocycles. The Labute approximate surface area is 122 Å². The van der Waals surface area contributed by atoms with E-state index in [4.69, 9.17) is 5.73 Å². The number of aryl methyl sites for hydroxylation is 1. The Morgan fingerprint density at radius 2 is 1.80 bits per heavy atom. The summed E-state index contributed by atoms with van der Waals surface area (Å²) in [5.41, 5.74) is 10.5. The minimum Gasteiger partial charge on any atom is -0.412 e. The van der Waals surface area contributed by atoms with Crippen LogP contribution >= 0.6 is 0 Å². The average molecular weight is 273 g/mol. The zero-order valence-corrected chi connectivity index (χ0v) is 12.9. The molecule has 2 aromatic carbocycles. The van der Waals surface area contributed by atoms with Crippen molar-refractivity contribution in [3.8, 4) is 0 Å². The summed E-state index contributed by atoms with van der Waals surface area (Å²) in [5.74, 6) is 0. The predicted molar refractivity (Wildman–Crippen MR) is 88.1 cm³/mol.